The maximum absolute atomic E-state index is 3.53. The molecular formula is C29H26NP. The number of H-pyrrole nitrogens is 1. The average molecular weight is 420 g/mol. The van der Waals surface area contributed by atoms with E-state index in [4.69, 9.17) is 0 Å². The lowest BCUT2D eigenvalue weighted by molar-refractivity contribution is 0.801. The molecule has 0 aliphatic heterocycles. The number of aromatic nitrogens is 1. The number of fused-ring (bicyclic) bond motifs is 1. The van der Waals surface area contributed by atoms with E-state index >= 15 is 0 Å². The van der Waals surface area contributed by atoms with E-state index in [1.165, 1.54) is 32.6 Å². The first-order chi connectivity index (χ1) is 15.4. The number of rotatable bonds is 7. The maximum Gasteiger partial charge on any atom is 0.0457 e. The van der Waals surface area contributed by atoms with Gasteiger partial charge < -0.3 is 4.98 Å². The van der Waals surface area contributed by atoms with E-state index in [0.717, 1.165) is 12.8 Å². The summed E-state index contributed by atoms with van der Waals surface area (Å²) in [5.41, 5.74) is 4.49. The van der Waals surface area contributed by atoms with E-state index in [-0.39, 0.29) is 0 Å². The molecule has 5 aromatic rings. The number of aryl methyl sites for hydroxylation is 1. The molecule has 0 saturated carbocycles. The zero-order valence-corrected chi connectivity index (χ0v) is 18.4. The van der Waals surface area contributed by atoms with E-state index in [1.807, 2.05) is 0 Å². The summed E-state index contributed by atoms with van der Waals surface area (Å²) in [6.07, 6.45) is 4.44. The Morgan fingerprint density at radius 3 is 1.81 bits per heavy atom. The molecule has 0 saturated heterocycles. The predicted octanol–water partition coefficient (Wildman–Crippen LogP) is 6.97. The highest BCUT2D eigenvalue weighted by Crippen LogP contribution is 2.53. The van der Waals surface area contributed by atoms with Crippen LogP contribution in [0.3, 0.4) is 0 Å². The van der Waals surface area contributed by atoms with Gasteiger partial charge in [-0.3, -0.25) is 0 Å². The molecule has 0 radical (unpaired) electrons. The molecule has 31 heavy (non-hydrogen) atoms. The van der Waals surface area contributed by atoms with Crippen LogP contribution in [0.25, 0.3) is 10.9 Å². The van der Waals surface area contributed by atoms with Crippen LogP contribution >= 0.6 is 7.92 Å². The molecule has 1 unspecified atom stereocenters. The fourth-order valence-electron chi connectivity index (χ4n) is 4.43. The third-order valence-electron chi connectivity index (χ3n) is 5.91. The first-order valence-corrected chi connectivity index (χ1v) is 12.3. The highest BCUT2D eigenvalue weighted by atomic mass is 31.1. The Balaban J connectivity index is 1.63. The van der Waals surface area contributed by atoms with Crippen LogP contribution in [0.4, 0.5) is 0 Å². The van der Waals surface area contributed by atoms with E-state index in [1.54, 1.807) is 0 Å². The molecule has 0 amide bonds. The van der Waals surface area contributed by atoms with Gasteiger partial charge in [-0.2, -0.15) is 0 Å². The van der Waals surface area contributed by atoms with Crippen LogP contribution in [-0.2, 0) is 6.42 Å². The molecule has 1 N–H and O–H groups in total. The van der Waals surface area contributed by atoms with Crippen molar-refractivity contribution in [3.8, 4) is 0 Å². The minimum absolute atomic E-state index is 0.427. The summed E-state index contributed by atoms with van der Waals surface area (Å²) in [4.78, 5) is 3.53. The molecule has 1 aromatic heterocycles. The lowest BCUT2D eigenvalue weighted by Crippen LogP contribution is -2.17. The molecule has 1 nitrogen and oxygen atoms in total. The average Bonchev–Trinajstić information content (AvgIpc) is 3.27. The van der Waals surface area contributed by atoms with E-state index in [0.29, 0.717) is 5.66 Å². The summed E-state index contributed by atoms with van der Waals surface area (Å²) in [6.45, 7) is 0. The van der Waals surface area contributed by atoms with Crippen molar-refractivity contribution in [3.63, 3.8) is 0 Å². The second-order valence-corrected chi connectivity index (χ2v) is 10.3. The molecule has 0 aliphatic rings. The van der Waals surface area contributed by atoms with Crippen LogP contribution in [0, 0.1) is 0 Å². The van der Waals surface area contributed by atoms with Crippen LogP contribution in [0.1, 0.15) is 23.2 Å². The molecule has 0 spiro atoms. The normalized spacial score (nSPS) is 12.3. The van der Waals surface area contributed by atoms with Gasteiger partial charge in [-0.1, -0.05) is 109 Å². The Morgan fingerprint density at radius 2 is 1.16 bits per heavy atom. The summed E-state index contributed by atoms with van der Waals surface area (Å²) < 4.78 is 0. The summed E-state index contributed by atoms with van der Waals surface area (Å²) in [5.74, 6) is 0. The Morgan fingerprint density at radius 1 is 0.613 bits per heavy atom. The SMILES string of the molecule is c1ccc(CCC(c2c[nH]c3ccccc23)P(c2ccccc2)c2ccccc2)cc1. The van der Waals surface area contributed by atoms with Crippen molar-refractivity contribution < 1.29 is 0 Å². The number of para-hydroxylation sites is 1. The summed E-state index contributed by atoms with van der Waals surface area (Å²) in [7, 11) is -0.554. The van der Waals surface area contributed by atoms with Gasteiger partial charge >= 0.3 is 0 Å². The number of benzene rings is 4. The maximum atomic E-state index is 3.53. The second-order valence-electron chi connectivity index (χ2n) is 7.87. The molecule has 0 aliphatic carbocycles. The largest absolute Gasteiger partial charge is 0.361 e. The highest BCUT2D eigenvalue weighted by molar-refractivity contribution is 7.73. The Bertz CT molecular complexity index is 1190. The molecule has 0 fully saturated rings. The van der Waals surface area contributed by atoms with Crippen LogP contribution < -0.4 is 10.6 Å². The quantitative estimate of drug-likeness (QED) is 0.274. The van der Waals surface area contributed by atoms with Crippen molar-refractivity contribution in [1.82, 2.24) is 4.98 Å². The van der Waals surface area contributed by atoms with Crippen LogP contribution in [0.15, 0.2) is 121 Å². The highest BCUT2D eigenvalue weighted by Gasteiger charge is 2.28. The molecule has 2 heteroatoms. The Hall–Kier alpha value is -3.15. The van der Waals surface area contributed by atoms with Crippen molar-refractivity contribution in [3.05, 3.63) is 133 Å². The van der Waals surface area contributed by atoms with E-state index < -0.39 is 7.92 Å². The Kier molecular flexibility index (Phi) is 5.96. The molecule has 1 atom stereocenters. The van der Waals surface area contributed by atoms with Gasteiger partial charge in [-0.25, -0.2) is 0 Å². The third kappa shape index (κ3) is 4.33. The van der Waals surface area contributed by atoms with E-state index in [9.17, 15) is 0 Å². The molecular weight excluding hydrogens is 393 g/mol. The fraction of sp³-hybridized carbons (Fsp3) is 0.103. The molecule has 1 heterocycles. The summed E-state index contributed by atoms with van der Waals surface area (Å²) >= 11 is 0. The zero-order chi connectivity index (χ0) is 20.9. The summed E-state index contributed by atoms with van der Waals surface area (Å²) in [5, 5.41) is 4.22. The van der Waals surface area contributed by atoms with Gasteiger partial charge in [0.05, 0.1) is 0 Å². The van der Waals surface area contributed by atoms with Crippen LogP contribution in [0.2, 0.25) is 0 Å². The lowest BCUT2D eigenvalue weighted by Gasteiger charge is -2.29. The van der Waals surface area contributed by atoms with Gasteiger partial charge in [0.2, 0.25) is 0 Å². The van der Waals surface area contributed by atoms with Crippen molar-refractivity contribution in [2.24, 2.45) is 0 Å². The van der Waals surface area contributed by atoms with Gasteiger partial charge in [0.15, 0.2) is 0 Å². The number of hydrogen-bond acceptors (Lipinski definition) is 0. The number of hydrogen-bond donors (Lipinski definition) is 1. The topological polar surface area (TPSA) is 15.8 Å². The minimum Gasteiger partial charge on any atom is -0.361 e. The second kappa shape index (κ2) is 9.33. The molecule has 5 rings (SSSR count). The number of nitrogens with one attached hydrogen (secondary N) is 1. The first-order valence-electron chi connectivity index (χ1n) is 10.9. The van der Waals surface area contributed by atoms with Crippen LogP contribution in [-0.4, -0.2) is 4.98 Å². The Labute approximate surface area is 185 Å². The van der Waals surface area contributed by atoms with Gasteiger partial charge in [-0.05, 0) is 48.6 Å². The predicted molar refractivity (Wildman–Crippen MR) is 135 cm³/mol. The van der Waals surface area contributed by atoms with E-state index in [2.05, 4.69) is 126 Å². The zero-order valence-electron chi connectivity index (χ0n) is 17.5. The van der Waals surface area contributed by atoms with Gasteiger partial charge in [0.25, 0.3) is 0 Å². The third-order valence-corrected chi connectivity index (χ3v) is 8.78. The van der Waals surface area contributed by atoms with Crippen molar-refractivity contribution in [2.75, 3.05) is 0 Å². The van der Waals surface area contributed by atoms with Gasteiger partial charge in [0.1, 0.15) is 0 Å². The molecule has 0 bridgehead atoms. The number of aromatic amines is 1. The smallest absolute Gasteiger partial charge is 0.0457 e. The first kappa shape index (κ1) is 19.8. The monoisotopic (exact) mass is 419 g/mol. The summed E-state index contributed by atoms with van der Waals surface area (Å²) in [6, 6.07) is 41.8. The van der Waals surface area contributed by atoms with Gasteiger partial charge in [-0.15, -0.1) is 0 Å². The van der Waals surface area contributed by atoms with Gasteiger partial charge in [0, 0.05) is 22.8 Å². The van der Waals surface area contributed by atoms with Crippen molar-refractivity contribution in [2.45, 2.75) is 18.5 Å². The lowest BCUT2D eigenvalue weighted by atomic mass is 10.0. The van der Waals surface area contributed by atoms with Crippen molar-refractivity contribution in [1.29, 1.82) is 0 Å². The standard InChI is InChI=1S/C29H26NP/c1-4-12-23(13-5-1)20-21-29(27-22-30-28-19-11-10-18-26(27)28)31(24-14-6-2-7-15-24)25-16-8-3-9-17-25/h1-19,22,29-30H,20-21H2. The van der Waals surface area contributed by atoms with Crippen LogP contribution in [0.5, 0.6) is 0 Å². The fourth-order valence-corrected chi connectivity index (χ4v) is 7.31. The molecule has 4 aromatic carbocycles. The van der Waals surface area contributed by atoms with Crippen molar-refractivity contribution >= 4 is 29.4 Å². The minimum atomic E-state index is -0.554. The molecule has 152 valence electrons.